The van der Waals surface area contributed by atoms with Crippen LogP contribution in [0.3, 0.4) is 0 Å². The molecule has 1 amide bonds. The summed E-state index contributed by atoms with van der Waals surface area (Å²) in [6.07, 6.45) is -5.60. The molecular weight excluding hydrogens is 424 g/mol. The van der Waals surface area contributed by atoms with E-state index < -0.39 is 18.9 Å². The topological polar surface area (TPSA) is 64.4 Å². The van der Waals surface area contributed by atoms with Gasteiger partial charge in [0.05, 0.1) is 0 Å². The zero-order valence-corrected chi connectivity index (χ0v) is 16.3. The maximum atomic E-state index is 12.3. The van der Waals surface area contributed by atoms with Crippen molar-refractivity contribution in [2.24, 2.45) is 0 Å². The van der Waals surface area contributed by atoms with E-state index in [-0.39, 0.29) is 23.5 Å². The molecule has 3 aromatic carbocycles. The molecule has 30 heavy (non-hydrogen) atoms. The summed E-state index contributed by atoms with van der Waals surface area (Å²) in [5, 5.41) is 2.45. The molecule has 0 bridgehead atoms. The third-order valence-corrected chi connectivity index (χ3v) is 3.55. The van der Waals surface area contributed by atoms with Crippen LogP contribution in [0.2, 0.25) is 0 Å². The van der Waals surface area contributed by atoms with E-state index >= 15 is 0 Å². The predicted molar refractivity (Wildman–Crippen MR) is 111 cm³/mol. The highest BCUT2D eigenvalue weighted by Gasteiger charge is 2.08. The summed E-state index contributed by atoms with van der Waals surface area (Å²) in [6, 6.07) is 19.4. The first kappa shape index (κ1) is 24.8. The van der Waals surface area contributed by atoms with Gasteiger partial charge in [-0.1, -0.05) is 42.5 Å². The maximum absolute atomic E-state index is 12.3. The number of hydrogen-bond acceptors (Lipinski definition) is 3. The molecule has 0 atom stereocenters. The highest BCUT2D eigenvalue weighted by Crippen LogP contribution is 2.21. The molecule has 160 valence electrons. The number of anilines is 2. The van der Waals surface area contributed by atoms with Crippen LogP contribution in [-0.2, 0) is 0 Å². The molecule has 0 aromatic heterocycles. The molecule has 0 unspecified atom stereocenters. The number of nitrogen functional groups attached to an aromatic ring is 1. The Morgan fingerprint density at radius 3 is 1.70 bits per heavy atom. The van der Waals surface area contributed by atoms with Crippen molar-refractivity contribution >= 4 is 29.9 Å². The number of nitrogens with one attached hydrogen (secondary N) is 1. The highest BCUT2D eigenvalue weighted by molar-refractivity contribution is 5.86. The van der Waals surface area contributed by atoms with Gasteiger partial charge in [-0.2, -0.15) is 0 Å². The Morgan fingerprint density at radius 1 is 0.767 bits per heavy atom. The van der Waals surface area contributed by atoms with Gasteiger partial charge in [0.15, 0.2) is 0 Å². The number of benzene rings is 3. The van der Waals surface area contributed by atoms with E-state index in [4.69, 9.17) is 10.5 Å². The van der Waals surface area contributed by atoms with Crippen molar-refractivity contribution in [1.82, 2.24) is 0 Å². The summed E-state index contributed by atoms with van der Waals surface area (Å²) in [5.41, 5.74) is 6.09. The van der Waals surface area contributed by atoms with Gasteiger partial charge in [-0.3, -0.25) is 5.32 Å². The lowest BCUT2D eigenvalue weighted by Gasteiger charge is -2.07. The Hall–Kier alpha value is -3.26. The zero-order chi connectivity index (χ0) is 21.2. The summed E-state index contributed by atoms with van der Waals surface area (Å²) in [7, 11) is 0. The van der Waals surface area contributed by atoms with E-state index in [9.17, 15) is 22.4 Å². The molecular formula is C21H19ClF4N2O2. The van der Waals surface area contributed by atoms with E-state index in [1.807, 2.05) is 0 Å². The van der Waals surface area contributed by atoms with Crippen LogP contribution in [0.15, 0.2) is 78.9 Å². The summed E-state index contributed by atoms with van der Waals surface area (Å²) in [5.74, 6) is 0.407. The number of carbonyl (C=O) groups is 1. The lowest BCUT2D eigenvalue weighted by molar-refractivity contribution is 0.151. The number of nitrogens with two attached hydrogens (primary N) is 1. The SMILES string of the molecule is Cl.Nc1ccc(C(F)F)cc1.O=C(Nc1ccc(C(F)F)cc1)Oc1ccccc1. The van der Waals surface area contributed by atoms with Crippen molar-refractivity contribution in [3.63, 3.8) is 0 Å². The third kappa shape index (κ3) is 8.40. The first-order chi connectivity index (χ1) is 13.8. The molecule has 0 saturated heterocycles. The van der Waals surface area contributed by atoms with Crippen LogP contribution in [0.4, 0.5) is 33.7 Å². The first-order valence-electron chi connectivity index (χ1n) is 8.40. The Balaban J connectivity index is 0.000000348. The number of amides is 1. The van der Waals surface area contributed by atoms with Gasteiger partial charge in [-0.25, -0.2) is 22.4 Å². The molecule has 3 N–H and O–H groups in total. The summed E-state index contributed by atoms with van der Waals surface area (Å²) >= 11 is 0. The lowest BCUT2D eigenvalue weighted by atomic mass is 10.2. The molecule has 4 nitrogen and oxygen atoms in total. The number of alkyl halides is 4. The predicted octanol–water partition coefficient (Wildman–Crippen LogP) is 6.86. The number of ether oxygens (including phenoxy) is 1. The molecule has 0 aliphatic carbocycles. The Kier molecular flexibility index (Phi) is 10.2. The number of halogens is 5. The van der Waals surface area contributed by atoms with Crippen LogP contribution in [0.5, 0.6) is 5.75 Å². The Labute approximate surface area is 177 Å². The van der Waals surface area contributed by atoms with Gasteiger partial charge in [0.25, 0.3) is 12.9 Å². The number of hydrogen-bond donors (Lipinski definition) is 2. The minimum Gasteiger partial charge on any atom is -0.410 e. The van der Waals surface area contributed by atoms with Crippen LogP contribution in [-0.4, -0.2) is 6.09 Å². The minimum absolute atomic E-state index is 0. The molecule has 0 fully saturated rings. The largest absolute Gasteiger partial charge is 0.417 e. The number of rotatable bonds is 4. The molecule has 0 heterocycles. The second-order valence-corrected chi connectivity index (χ2v) is 5.72. The van der Waals surface area contributed by atoms with Crippen LogP contribution < -0.4 is 15.8 Å². The summed E-state index contributed by atoms with van der Waals surface area (Å²) < 4.78 is 53.4. The lowest BCUT2D eigenvalue weighted by Crippen LogP contribution is -2.16. The van der Waals surface area contributed by atoms with Crippen molar-refractivity contribution < 1.29 is 27.1 Å². The Bertz CT molecular complexity index is 893. The third-order valence-electron chi connectivity index (χ3n) is 3.55. The van der Waals surface area contributed by atoms with Crippen molar-refractivity contribution in [3.05, 3.63) is 90.0 Å². The number of para-hydroxylation sites is 1. The van der Waals surface area contributed by atoms with Gasteiger partial charge < -0.3 is 10.5 Å². The van der Waals surface area contributed by atoms with Crippen LogP contribution in [0.1, 0.15) is 24.0 Å². The average molecular weight is 443 g/mol. The van der Waals surface area contributed by atoms with Gasteiger partial charge in [0, 0.05) is 22.5 Å². The molecule has 9 heteroatoms. The fourth-order valence-electron chi connectivity index (χ4n) is 2.09. The monoisotopic (exact) mass is 442 g/mol. The molecule has 0 spiro atoms. The molecule has 0 radical (unpaired) electrons. The first-order valence-corrected chi connectivity index (χ1v) is 8.40. The average Bonchev–Trinajstić information content (AvgIpc) is 2.70. The molecule has 0 aliphatic rings. The van der Waals surface area contributed by atoms with E-state index in [2.05, 4.69) is 5.32 Å². The van der Waals surface area contributed by atoms with Crippen molar-refractivity contribution in [2.75, 3.05) is 11.1 Å². The van der Waals surface area contributed by atoms with Gasteiger partial charge in [-0.05, 0) is 36.4 Å². The van der Waals surface area contributed by atoms with E-state index in [1.54, 1.807) is 30.3 Å². The molecule has 3 rings (SSSR count). The molecule has 0 saturated carbocycles. The van der Waals surface area contributed by atoms with Crippen LogP contribution in [0.25, 0.3) is 0 Å². The zero-order valence-electron chi connectivity index (χ0n) is 15.5. The second-order valence-electron chi connectivity index (χ2n) is 5.72. The van der Waals surface area contributed by atoms with Gasteiger partial charge in [-0.15, -0.1) is 12.4 Å². The minimum atomic E-state index is -2.52. The molecule has 3 aromatic rings. The fraction of sp³-hybridized carbons (Fsp3) is 0.0952. The van der Waals surface area contributed by atoms with Crippen LogP contribution in [0, 0.1) is 0 Å². The fourth-order valence-corrected chi connectivity index (χ4v) is 2.09. The highest BCUT2D eigenvalue weighted by atomic mass is 35.5. The van der Waals surface area contributed by atoms with Crippen molar-refractivity contribution in [1.29, 1.82) is 0 Å². The van der Waals surface area contributed by atoms with Gasteiger partial charge in [0.1, 0.15) is 5.75 Å². The maximum Gasteiger partial charge on any atom is 0.417 e. The van der Waals surface area contributed by atoms with Gasteiger partial charge >= 0.3 is 6.09 Å². The summed E-state index contributed by atoms with van der Waals surface area (Å²) in [4.78, 5) is 11.5. The van der Waals surface area contributed by atoms with Crippen LogP contribution >= 0.6 is 12.4 Å². The second kappa shape index (κ2) is 12.3. The van der Waals surface area contributed by atoms with E-state index in [0.29, 0.717) is 17.1 Å². The quantitative estimate of drug-likeness (QED) is 0.342. The molecule has 0 aliphatic heterocycles. The van der Waals surface area contributed by atoms with Gasteiger partial charge in [0.2, 0.25) is 0 Å². The smallest absolute Gasteiger partial charge is 0.410 e. The standard InChI is InChI=1S/C14H11F2NO2.C7H7F2N.ClH/c15-13(16)10-6-8-11(9-7-10)17-14(18)19-12-4-2-1-3-5-12;8-7(9)5-1-3-6(10)4-2-5;/h1-9,13H,(H,17,18);1-4,7H,10H2;1H. The summed E-state index contributed by atoms with van der Waals surface area (Å²) in [6.45, 7) is 0. The Morgan fingerprint density at radius 2 is 1.23 bits per heavy atom. The number of carbonyl (C=O) groups excluding carboxylic acids is 1. The van der Waals surface area contributed by atoms with Crippen molar-refractivity contribution in [2.45, 2.75) is 12.9 Å². The normalized spacial score (nSPS) is 9.93. The van der Waals surface area contributed by atoms with E-state index in [0.717, 1.165) is 0 Å². The van der Waals surface area contributed by atoms with Crippen molar-refractivity contribution in [3.8, 4) is 5.75 Å². The van der Waals surface area contributed by atoms with E-state index in [1.165, 1.54) is 48.5 Å².